The highest BCUT2D eigenvalue weighted by molar-refractivity contribution is 6.42. The average Bonchev–Trinajstić information content (AvgIpc) is 2.90. The van der Waals surface area contributed by atoms with Crippen molar-refractivity contribution in [2.24, 2.45) is 4.99 Å². The Bertz CT molecular complexity index is 1620. The summed E-state index contributed by atoms with van der Waals surface area (Å²) in [6.07, 6.45) is 1.57. The smallest absolute Gasteiger partial charge is 0.302 e. The van der Waals surface area contributed by atoms with Crippen LogP contribution in [0.25, 0.3) is 11.0 Å². The van der Waals surface area contributed by atoms with Crippen molar-refractivity contribution in [3.63, 3.8) is 0 Å². The number of aromatic nitrogens is 1. The molecule has 4 rings (SSSR count). The first-order chi connectivity index (χ1) is 18.2. The highest BCUT2D eigenvalue weighted by Gasteiger charge is 2.19. The molecule has 2 aromatic heterocycles. The van der Waals surface area contributed by atoms with Crippen molar-refractivity contribution in [1.29, 1.82) is 0 Å². The van der Waals surface area contributed by atoms with E-state index in [2.05, 4.69) is 15.3 Å². The first kappa shape index (κ1) is 27.0. The van der Waals surface area contributed by atoms with Gasteiger partial charge in [-0.15, -0.1) is 0 Å². The van der Waals surface area contributed by atoms with E-state index in [1.165, 1.54) is 21.1 Å². The second-order valence-electron chi connectivity index (χ2n) is 8.09. The van der Waals surface area contributed by atoms with Gasteiger partial charge >= 0.3 is 5.97 Å². The lowest BCUT2D eigenvalue weighted by Gasteiger charge is -2.13. The molecule has 0 unspecified atom stereocenters. The van der Waals surface area contributed by atoms with Crippen molar-refractivity contribution in [1.82, 2.24) is 4.98 Å². The number of methoxy groups -OCH3 is 2. The van der Waals surface area contributed by atoms with Gasteiger partial charge in [0.25, 0.3) is 5.91 Å². The molecule has 1 amide bonds. The van der Waals surface area contributed by atoms with Gasteiger partial charge in [0.15, 0.2) is 5.58 Å². The maximum absolute atomic E-state index is 13.6. The molecule has 0 bridgehead atoms. The number of pyridine rings is 1. The minimum Gasteiger partial charge on any atom is -0.497 e. The molecular weight excluding hydrogens is 533 g/mol. The number of nitrogens with zero attached hydrogens (tertiary/aromatic N) is 2. The number of hydrogen-bond acceptors (Lipinski definition) is 8. The van der Waals surface area contributed by atoms with Crippen LogP contribution in [0.5, 0.6) is 11.5 Å². The zero-order chi connectivity index (χ0) is 27.4. The minimum atomic E-state index is -0.522. The van der Waals surface area contributed by atoms with E-state index in [0.29, 0.717) is 55.1 Å². The number of carbonyl (C=O) groups excluding carboxylic acids is 2. The molecule has 2 aromatic carbocycles. The van der Waals surface area contributed by atoms with Gasteiger partial charge in [0.1, 0.15) is 23.7 Å². The lowest BCUT2D eigenvalue weighted by atomic mass is 10.1. The Morgan fingerprint density at radius 1 is 1.05 bits per heavy atom. The molecule has 2 heterocycles. The Hall–Kier alpha value is -4.08. The number of nitrogens with one attached hydrogen (secondary N) is 1. The fourth-order valence-corrected chi connectivity index (χ4v) is 3.88. The summed E-state index contributed by atoms with van der Waals surface area (Å²) in [5.74, 6) is -0.0137. The third kappa shape index (κ3) is 5.90. The highest BCUT2D eigenvalue weighted by atomic mass is 35.5. The van der Waals surface area contributed by atoms with Crippen molar-refractivity contribution in [3.8, 4) is 11.5 Å². The van der Waals surface area contributed by atoms with Crippen LogP contribution in [0.2, 0.25) is 10.0 Å². The lowest BCUT2D eigenvalue weighted by Crippen LogP contribution is -2.22. The summed E-state index contributed by atoms with van der Waals surface area (Å²) >= 11 is 12.2. The summed E-state index contributed by atoms with van der Waals surface area (Å²) in [5.41, 5.74) is 2.44. The molecule has 4 aromatic rings. The zero-order valence-corrected chi connectivity index (χ0v) is 22.4. The van der Waals surface area contributed by atoms with E-state index in [-0.39, 0.29) is 17.7 Å². The van der Waals surface area contributed by atoms with Crippen molar-refractivity contribution < 1.29 is 28.2 Å². The maximum Gasteiger partial charge on any atom is 0.302 e. The number of fused-ring (bicyclic) bond motifs is 1. The molecular formula is C27H23Cl2N3O6. The summed E-state index contributed by atoms with van der Waals surface area (Å²) in [7, 11) is 3.02. The number of anilines is 1. The van der Waals surface area contributed by atoms with Crippen LogP contribution in [0.3, 0.4) is 0 Å². The normalized spacial score (nSPS) is 11.4. The van der Waals surface area contributed by atoms with E-state index in [1.54, 1.807) is 55.6 Å². The van der Waals surface area contributed by atoms with Crippen LogP contribution in [0.1, 0.15) is 28.5 Å². The second kappa shape index (κ2) is 11.5. The minimum absolute atomic E-state index is 0.00963. The van der Waals surface area contributed by atoms with E-state index in [9.17, 15) is 9.59 Å². The molecule has 196 valence electrons. The first-order valence-corrected chi connectivity index (χ1v) is 12.0. The monoisotopic (exact) mass is 555 g/mol. The standard InChI is InChI=1S/C27H23Cl2N3O6/c1-14-25-19(16(12-30-14)13-37-15(2)33)11-20(27(38-25)31-17-5-7-21(28)22(29)9-17)26(34)32-23-8-6-18(35-3)10-24(23)36-4/h5-12H,13H2,1-4H3,(H,32,34). The Labute approximate surface area is 228 Å². The Kier molecular flexibility index (Phi) is 8.19. The summed E-state index contributed by atoms with van der Waals surface area (Å²) < 4.78 is 22.0. The van der Waals surface area contributed by atoms with E-state index in [0.717, 1.165) is 0 Å². The molecule has 0 atom stereocenters. The van der Waals surface area contributed by atoms with Crippen molar-refractivity contribution in [2.75, 3.05) is 19.5 Å². The van der Waals surface area contributed by atoms with Gasteiger partial charge in [-0.3, -0.25) is 14.6 Å². The molecule has 0 spiro atoms. The Balaban J connectivity index is 1.90. The molecule has 1 N–H and O–H groups in total. The van der Waals surface area contributed by atoms with E-state index in [1.807, 2.05) is 0 Å². The van der Waals surface area contributed by atoms with Gasteiger partial charge in [0.05, 0.1) is 41.3 Å². The molecule has 0 saturated carbocycles. The van der Waals surface area contributed by atoms with Crippen LogP contribution in [0, 0.1) is 6.92 Å². The molecule has 0 radical (unpaired) electrons. The van der Waals surface area contributed by atoms with Crippen molar-refractivity contribution >= 4 is 57.4 Å². The summed E-state index contributed by atoms with van der Waals surface area (Å²) in [6.45, 7) is 3.02. The van der Waals surface area contributed by atoms with E-state index in [4.69, 9.17) is 41.8 Å². The number of aryl methyl sites for hydroxylation is 1. The first-order valence-electron chi connectivity index (χ1n) is 11.3. The van der Waals surface area contributed by atoms with Gasteiger partial charge in [-0.2, -0.15) is 0 Å². The summed E-state index contributed by atoms with van der Waals surface area (Å²) in [6, 6.07) is 11.4. The lowest BCUT2D eigenvalue weighted by molar-refractivity contribution is -0.142. The van der Waals surface area contributed by atoms with E-state index < -0.39 is 11.9 Å². The third-order valence-electron chi connectivity index (χ3n) is 5.52. The number of hydrogen-bond donors (Lipinski definition) is 1. The number of benzene rings is 2. The van der Waals surface area contributed by atoms with Gasteiger partial charge in [0, 0.05) is 30.1 Å². The van der Waals surface area contributed by atoms with Gasteiger partial charge in [0.2, 0.25) is 5.55 Å². The van der Waals surface area contributed by atoms with Crippen molar-refractivity contribution in [2.45, 2.75) is 20.5 Å². The van der Waals surface area contributed by atoms with E-state index >= 15 is 0 Å². The number of halogens is 2. The van der Waals surface area contributed by atoms with Gasteiger partial charge in [-0.25, -0.2) is 4.99 Å². The van der Waals surface area contributed by atoms with Crippen molar-refractivity contribution in [3.05, 3.63) is 81.1 Å². The molecule has 38 heavy (non-hydrogen) atoms. The van der Waals surface area contributed by atoms with Crippen LogP contribution in [-0.4, -0.2) is 31.1 Å². The number of esters is 1. The average molecular weight is 556 g/mol. The maximum atomic E-state index is 13.6. The SMILES string of the molecule is COc1ccc(NC(=O)c2cc3c(COC(C)=O)cnc(C)c3oc2=Nc2ccc(Cl)c(Cl)c2)c(OC)c1. The molecule has 9 nitrogen and oxygen atoms in total. The Morgan fingerprint density at radius 3 is 2.53 bits per heavy atom. The third-order valence-corrected chi connectivity index (χ3v) is 6.26. The summed E-state index contributed by atoms with van der Waals surface area (Å²) in [5, 5.41) is 4.03. The zero-order valence-electron chi connectivity index (χ0n) is 20.9. The molecule has 0 aliphatic rings. The topological polar surface area (TPSA) is 112 Å². The molecule has 0 aliphatic heterocycles. The second-order valence-corrected chi connectivity index (χ2v) is 8.90. The van der Waals surface area contributed by atoms with Gasteiger partial charge in [-0.1, -0.05) is 23.2 Å². The van der Waals surface area contributed by atoms with Crippen LogP contribution < -0.4 is 20.3 Å². The van der Waals surface area contributed by atoms with Crippen LogP contribution >= 0.6 is 23.2 Å². The fourth-order valence-electron chi connectivity index (χ4n) is 3.59. The highest BCUT2D eigenvalue weighted by Crippen LogP contribution is 2.30. The number of carbonyl (C=O) groups is 2. The fraction of sp³-hybridized carbons (Fsp3) is 0.185. The number of rotatable bonds is 7. The molecule has 0 aliphatic carbocycles. The molecule has 0 saturated heterocycles. The van der Waals surface area contributed by atoms with Crippen LogP contribution in [-0.2, 0) is 16.1 Å². The predicted molar refractivity (Wildman–Crippen MR) is 143 cm³/mol. The Morgan fingerprint density at radius 2 is 1.84 bits per heavy atom. The number of amides is 1. The summed E-state index contributed by atoms with van der Waals surface area (Å²) in [4.78, 5) is 33.9. The van der Waals surface area contributed by atoms with Gasteiger partial charge in [-0.05, 0) is 43.3 Å². The predicted octanol–water partition coefficient (Wildman–Crippen LogP) is 6.01. The quantitative estimate of drug-likeness (QED) is 0.278. The van der Waals surface area contributed by atoms with Crippen LogP contribution in [0.4, 0.5) is 11.4 Å². The van der Waals surface area contributed by atoms with Crippen LogP contribution in [0.15, 0.2) is 58.1 Å². The molecule has 0 fully saturated rings. The largest absolute Gasteiger partial charge is 0.497 e. The van der Waals surface area contributed by atoms with Gasteiger partial charge < -0.3 is 23.9 Å². The molecule has 11 heteroatoms. The number of ether oxygens (including phenoxy) is 3.